The van der Waals surface area contributed by atoms with Crippen molar-refractivity contribution in [3.8, 4) is 0 Å². The number of ether oxygens (including phenoxy) is 1. The summed E-state index contributed by atoms with van der Waals surface area (Å²) in [6, 6.07) is -0.912. The monoisotopic (exact) mass is 534 g/mol. The van der Waals surface area contributed by atoms with Crippen molar-refractivity contribution in [2.45, 2.75) is 51.1 Å². The van der Waals surface area contributed by atoms with Gasteiger partial charge in [-0.1, -0.05) is 13.0 Å². The topological polar surface area (TPSA) is 158 Å². The Bertz CT molecular complexity index is 1080. The van der Waals surface area contributed by atoms with Crippen molar-refractivity contribution in [1.29, 1.82) is 0 Å². The number of aliphatic carboxylic acids is 1. The molecule has 3 rings (SSSR count). The van der Waals surface area contributed by atoms with E-state index in [-0.39, 0.29) is 57.3 Å². The van der Waals surface area contributed by atoms with Gasteiger partial charge in [0.1, 0.15) is 22.7 Å². The van der Waals surface area contributed by atoms with E-state index in [0.717, 1.165) is 16.2 Å². The number of hydrogen-bond acceptors (Lipinski definition) is 9. The number of β-lactam (4-membered cyclic amide) rings is 1. The molecular formula is C21H27N4NaO7S2. The van der Waals surface area contributed by atoms with Gasteiger partial charge in [0.05, 0.1) is 17.9 Å². The summed E-state index contributed by atoms with van der Waals surface area (Å²) in [7, 11) is 0. The third-order valence-corrected chi connectivity index (χ3v) is 6.87. The molecule has 0 radical (unpaired) electrons. The van der Waals surface area contributed by atoms with Crippen LogP contribution in [-0.2, 0) is 19.1 Å². The first kappa shape index (κ1) is 29.3. The molecule has 0 aliphatic carbocycles. The van der Waals surface area contributed by atoms with E-state index in [1.165, 1.54) is 11.8 Å². The number of carbonyl (C=O) groups excluding carboxylic acids is 3. The zero-order chi connectivity index (χ0) is 25.2. The molecule has 0 aromatic carbocycles. The molecule has 1 aromatic rings. The number of nitrogens with zero attached hydrogens (tertiary/aromatic N) is 2. The van der Waals surface area contributed by atoms with Crippen LogP contribution in [0.25, 0.3) is 5.57 Å². The summed E-state index contributed by atoms with van der Waals surface area (Å²) in [5, 5.41) is 25.4. The normalized spacial score (nSPS) is 19.9. The summed E-state index contributed by atoms with van der Waals surface area (Å²) in [4.78, 5) is 54.7. The fraction of sp³-hybridized carbons (Fsp3) is 0.476. The number of fused-ring (bicyclic) bond motifs is 1. The molecule has 0 spiro atoms. The van der Waals surface area contributed by atoms with Crippen molar-refractivity contribution in [3.05, 3.63) is 28.4 Å². The van der Waals surface area contributed by atoms with Crippen LogP contribution in [0.1, 0.15) is 39.8 Å². The number of aliphatic hydroxyl groups is 1. The molecule has 186 valence electrons. The van der Waals surface area contributed by atoms with E-state index in [0.29, 0.717) is 12.1 Å². The summed E-state index contributed by atoms with van der Waals surface area (Å²) >= 11 is 2.39. The number of nitrogens with one attached hydrogen (secondary N) is 2. The SMILES string of the molecule is CC/C=C(/C(=O)N[C@@H]1C(=O)N2C(C(=O)O)=C(CO)CS[C@H]12)c1csc(NC(=O)OC(C)(C)C)n1.[NaH]. The molecule has 0 bridgehead atoms. The average Bonchev–Trinajstić information content (AvgIpc) is 3.20. The van der Waals surface area contributed by atoms with Gasteiger partial charge in [0.25, 0.3) is 11.8 Å². The van der Waals surface area contributed by atoms with Crippen LogP contribution >= 0.6 is 23.1 Å². The predicted octanol–water partition coefficient (Wildman–Crippen LogP) is 1.37. The van der Waals surface area contributed by atoms with Crippen LogP contribution in [0, 0.1) is 0 Å². The molecule has 2 aliphatic rings. The zero-order valence-corrected chi connectivity index (χ0v) is 20.7. The van der Waals surface area contributed by atoms with E-state index in [2.05, 4.69) is 15.6 Å². The van der Waals surface area contributed by atoms with Crippen molar-refractivity contribution in [1.82, 2.24) is 15.2 Å². The molecule has 4 N–H and O–H groups in total. The molecule has 14 heteroatoms. The number of amides is 3. The number of carbonyl (C=O) groups is 4. The minimum atomic E-state index is -1.30. The van der Waals surface area contributed by atoms with Gasteiger partial charge in [0, 0.05) is 11.1 Å². The van der Waals surface area contributed by atoms with Crippen LogP contribution in [0.2, 0.25) is 0 Å². The van der Waals surface area contributed by atoms with Gasteiger partial charge in [0.2, 0.25) is 0 Å². The number of carboxylic acids is 1. The Morgan fingerprint density at radius 3 is 2.60 bits per heavy atom. The van der Waals surface area contributed by atoms with Crippen molar-refractivity contribution in [3.63, 3.8) is 0 Å². The molecular weight excluding hydrogens is 507 g/mol. The number of aromatic nitrogens is 1. The molecule has 1 fully saturated rings. The molecule has 35 heavy (non-hydrogen) atoms. The fourth-order valence-corrected chi connectivity index (χ4v) is 5.42. The maximum atomic E-state index is 13.0. The number of aliphatic hydroxyl groups excluding tert-OH is 1. The van der Waals surface area contributed by atoms with E-state index in [9.17, 15) is 29.4 Å². The van der Waals surface area contributed by atoms with Gasteiger partial charge in [-0.15, -0.1) is 23.1 Å². The van der Waals surface area contributed by atoms with E-state index in [1.807, 2.05) is 6.92 Å². The molecule has 3 amide bonds. The number of carboxylic acid groups (broad SMARTS) is 1. The number of rotatable bonds is 7. The van der Waals surface area contributed by atoms with Crippen LogP contribution in [0.5, 0.6) is 0 Å². The van der Waals surface area contributed by atoms with Crippen molar-refractivity contribution >= 4 is 87.2 Å². The van der Waals surface area contributed by atoms with Crippen LogP contribution in [0.4, 0.5) is 9.93 Å². The van der Waals surface area contributed by atoms with Gasteiger partial charge in [-0.2, -0.15) is 0 Å². The Labute approximate surface area is 232 Å². The van der Waals surface area contributed by atoms with Crippen molar-refractivity contribution in [2.75, 3.05) is 17.7 Å². The molecule has 0 unspecified atom stereocenters. The molecule has 2 aliphatic heterocycles. The zero-order valence-electron chi connectivity index (χ0n) is 19.1. The third kappa shape index (κ3) is 6.66. The molecule has 11 nitrogen and oxygen atoms in total. The fourth-order valence-electron chi connectivity index (χ4n) is 3.39. The summed E-state index contributed by atoms with van der Waals surface area (Å²) < 4.78 is 5.20. The maximum absolute atomic E-state index is 13.0. The number of thiazole rings is 1. The second kappa shape index (κ2) is 11.9. The number of hydrogen-bond donors (Lipinski definition) is 4. The van der Waals surface area contributed by atoms with Gasteiger partial charge in [-0.05, 0) is 32.8 Å². The Hall–Kier alpha value is -1.90. The van der Waals surface area contributed by atoms with E-state index < -0.39 is 47.5 Å². The molecule has 1 saturated heterocycles. The minimum absolute atomic E-state index is 0. The predicted molar refractivity (Wildman–Crippen MR) is 134 cm³/mol. The van der Waals surface area contributed by atoms with Crippen LogP contribution in [0.15, 0.2) is 22.7 Å². The molecule has 2 atom stereocenters. The van der Waals surface area contributed by atoms with Gasteiger partial charge < -0.3 is 20.3 Å². The van der Waals surface area contributed by atoms with E-state index >= 15 is 0 Å². The second-order valence-electron chi connectivity index (χ2n) is 8.47. The quantitative estimate of drug-likeness (QED) is 0.230. The summed E-state index contributed by atoms with van der Waals surface area (Å²) in [6.07, 6.45) is 1.50. The standard InChI is InChI=1S/C21H26N4O7S2.Na.H/c1-5-6-11(12-9-34-19(22-12)24-20(31)32-21(2,3)4)15(27)23-13-16(28)25-14(18(29)30)10(7-26)8-33-17(13)25;;/h6,9,13,17,26H,5,7-8H2,1-4H3,(H,23,27)(H,29,30)(H,22,24,31);;/b11-6+;;/t13-,17-;;/m1../s1. The van der Waals surface area contributed by atoms with Gasteiger partial charge in [-0.3, -0.25) is 19.8 Å². The number of thioether (sulfide) groups is 1. The average molecular weight is 535 g/mol. The van der Waals surface area contributed by atoms with Gasteiger partial charge >= 0.3 is 41.6 Å². The van der Waals surface area contributed by atoms with Crippen LogP contribution in [-0.4, -0.2) is 103 Å². The van der Waals surface area contributed by atoms with Crippen LogP contribution < -0.4 is 10.6 Å². The molecule has 1 aromatic heterocycles. The van der Waals surface area contributed by atoms with E-state index in [1.54, 1.807) is 32.2 Å². The third-order valence-electron chi connectivity index (χ3n) is 4.77. The first-order valence-electron chi connectivity index (χ1n) is 10.4. The van der Waals surface area contributed by atoms with Crippen LogP contribution in [0.3, 0.4) is 0 Å². The molecule has 3 heterocycles. The Morgan fingerprint density at radius 1 is 1.34 bits per heavy atom. The Kier molecular flexibility index (Phi) is 9.96. The first-order chi connectivity index (χ1) is 16.0. The van der Waals surface area contributed by atoms with Gasteiger partial charge in [-0.25, -0.2) is 14.6 Å². The first-order valence-corrected chi connectivity index (χ1v) is 12.4. The Balaban J connectivity index is 0.00000432. The summed E-state index contributed by atoms with van der Waals surface area (Å²) in [6.45, 7) is 6.58. The second-order valence-corrected chi connectivity index (χ2v) is 10.4. The van der Waals surface area contributed by atoms with E-state index in [4.69, 9.17) is 4.74 Å². The number of allylic oxidation sites excluding steroid dienone is 1. The van der Waals surface area contributed by atoms with Crippen molar-refractivity contribution < 1.29 is 34.1 Å². The Morgan fingerprint density at radius 2 is 2.03 bits per heavy atom. The van der Waals surface area contributed by atoms with Gasteiger partial charge in [0.15, 0.2) is 5.13 Å². The number of anilines is 1. The summed E-state index contributed by atoms with van der Waals surface area (Å²) in [5.74, 6) is -2.16. The van der Waals surface area contributed by atoms with Crippen molar-refractivity contribution in [2.24, 2.45) is 0 Å². The summed E-state index contributed by atoms with van der Waals surface area (Å²) in [5.41, 5.74) is -0.0999. The molecule has 0 saturated carbocycles.